The van der Waals surface area contributed by atoms with E-state index in [4.69, 9.17) is 5.73 Å². The van der Waals surface area contributed by atoms with Gasteiger partial charge < -0.3 is 16.0 Å². The molecule has 0 aliphatic carbocycles. The molecule has 0 amide bonds. The SMILES string of the molecule is CC(C)c1cccc(NC(N)=NCc2ncc(-c3ccccc3)[nH]2)c1. The lowest BCUT2D eigenvalue weighted by Crippen LogP contribution is -2.22. The second kappa shape index (κ2) is 7.66. The molecule has 5 heteroatoms. The van der Waals surface area contributed by atoms with Crippen molar-refractivity contribution in [3.05, 3.63) is 72.2 Å². The van der Waals surface area contributed by atoms with Gasteiger partial charge in [-0.2, -0.15) is 0 Å². The molecule has 0 spiro atoms. The van der Waals surface area contributed by atoms with Gasteiger partial charge in [0.15, 0.2) is 5.96 Å². The number of hydrogen-bond acceptors (Lipinski definition) is 2. The number of hydrogen-bond donors (Lipinski definition) is 3. The van der Waals surface area contributed by atoms with Gasteiger partial charge in [-0.1, -0.05) is 56.3 Å². The summed E-state index contributed by atoms with van der Waals surface area (Å²) >= 11 is 0. The molecule has 0 saturated heterocycles. The highest BCUT2D eigenvalue weighted by atomic mass is 15.1. The van der Waals surface area contributed by atoms with Crippen LogP contribution in [0.15, 0.2) is 65.8 Å². The number of aromatic nitrogens is 2. The van der Waals surface area contributed by atoms with Crippen LogP contribution in [-0.2, 0) is 6.54 Å². The summed E-state index contributed by atoms with van der Waals surface area (Å²) in [7, 11) is 0. The van der Waals surface area contributed by atoms with Crippen molar-refractivity contribution in [3.63, 3.8) is 0 Å². The maximum atomic E-state index is 5.99. The molecule has 0 atom stereocenters. The molecule has 0 fully saturated rings. The second-order valence-electron chi connectivity index (χ2n) is 6.22. The molecule has 5 nitrogen and oxygen atoms in total. The fourth-order valence-corrected chi connectivity index (χ4v) is 2.53. The highest BCUT2D eigenvalue weighted by Gasteiger charge is 2.04. The summed E-state index contributed by atoms with van der Waals surface area (Å²) in [6, 6.07) is 18.3. The molecule has 0 aliphatic heterocycles. The standard InChI is InChI=1S/C20H23N5/c1-14(2)16-9-6-10-17(11-16)24-20(21)23-13-19-22-12-18(25-19)15-7-4-3-5-8-15/h3-12,14H,13H2,1-2H3,(H,22,25)(H3,21,23,24). The third-order valence-corrected chi connectivity index (χ3v) is 3.94. The molecule has 0 saturated carbocycles. The summed E-state index contributed by atoms with van der Waals surface area (Å²) in [5, 5.41) is 3.13. The smallest absolute Gasteiger partial charge is 0.193 e. The number of rotatable bonds is 5. The van der Waals surface area contributed by atoms with Gasteiger partial charge in [0.25, 0.3) is 0 Å². The van der Waals surface area contributed by atoms with E-state index in [9.17, 15) is 0 Å². The lowest BCUT2D eigenvalue weighted by Gasteiger charge is -2.09. The van der Waals surface area contributed by atoms with Crippen LogP contribution in [0.1, 0.15) is 31.2 Å². The lowest BCUT2D eigenvalue weighted by molar-refractivity contribution is 0.867. The van der Waals surface area contributed by atoms with Crippen molar-refractivity contribution in [1.29, 1.82) is 0 Å². The average molecular weight is 333 g/mol. The predicted octanol–water partition coefficient (Wildman–Crippen LogP) is 4.13. The zero-order valence-corrected chi connectivity index (χ0v) is 14.5. The molecule has 128 valence electrons. The molecule has 1 aromatic heterocycles. The van der Waals surface area contributed by atoms with E-state index in [1.54, 1.807) is 0 Å². The van der Waals surface area contributed by atoms with Gasteiger partial charge in [-0.25, -0.2) is 9.98 Å². The Kier molecular flexibility index (Phi) is 5.14. The maximum absolute atomic E-state index is 5.99. The summed E-state index contributed by atoms with van der Waals surface area (Å²) in [4.78, 5) is 12.0. The maximum Gasteiger partial charge on any atom is 0.193 e. The van der Waals surface area contributed by atoms with Crippen molar-refractivity contribution in [2.75, 3.05) is 5.32 Å². The van der Waals surface area contributed by atoms with Crippen LogP contribution in [0.3, 0.4) is 0 Å². The quantitative estimate of drug-likeness (QED) is 0.485. The molecule has 3 aromatic rings. The first-order valence-corrected chi connectivity index (χ1v) is 8.38. The Morgan fingerprint density at radius 2 is 1.96 bits per heavy atom. The summed E-state index contributed by atoms with van der Waals surface area (Å²) in [5.74, 6) is 1.62. The first-order chi connectivity index (χ1) is 12.1. The zero-order chi connectivity index (χ0) is 17.6. The Morgan fingerprint density at radius 1 is 1.16 bits per heavy atom. The van der Waals surface area contributed by atoms with E-state index < -0.39 is 0 Å². The minimum atomic E-state index is 0.374. The van der Waals surface area contributed by atoms with Gasteiger partial charge in [-0.3, -0.25) is 0 Å². The predicted molar refractivity (Wildman–Crippen MR) is 104 cm³/mol. The monoisotopic (exact) mass is 333 g/mol. The number of anilines is 1. The Morgan fingerprint density at radius 3 is 2.72 bits per heavy atom. The van der Waals surface area contributed by atoms with Crippen molar-refractivity contribution < 1.29 is 0 Å². The third-order valence-electron chi connectivity index (χ3n) is 3.94. The molecule has 0 unspecified atom stereocenters. The number of nitrogens with two attached hydrogens (primary N) is 1. The van der Waals surface area contributed by atoms with Crippen LogP contribution in [0.5, 0.6) is 0 Å². The number of aliphatic imine (C=N–C) groups is 1. The number of H-pyrrole nitrogens is 1. The Hall–Kier alpha value is -3.08. The van der Waals surface area contributed by atoms with Crippen molar-refractivity contribution >= 4 is 11.6 Å². The molecule has 1 heterocycles. The van der Waals surface area contributed by atoms with Crippen LogP contribution in [-0.4, -0.2) is 15.9 Å². The van der Waals surface area contributed by atoms with Crippen molar-refractivity contribution in [2.45, 2.75) is 26.3 Å². The van der Waals surface area contributed by atoms with Gasteiger partial charge in [0, 0.05) is 5.69 Å². The number of nitrogens with zero attached hydrogens (tertiary/aromatic N) is 2. The van der Waals surface area contributed by atoms with Gasteiger partial charge in [0.1, 0.15) is 12.4 Å². The summed E-state index contributed by atoms with van der Waals surface area (Å²) in [6.07, 6.45) is 1.82. The molecule has 4 N–H and O–H groups in total. The zero-order valence-electron chi connectivity index (χ0n) is 14.5. The highest BCUT2D eigenvalue weighted by Crippen LogP contribution is 2.18. The molecule has 3 rings (SSSR count). The Balaban J connectivity index is 1.64. The van der Waals surface area contributed by atoms with Gasteiger partial charge >= 0.3 is 0 Å². The van der Waals surface area contributed by atoms with E-state index in [0.717, 1.165) is 22.8 Å². The van der Waals surface area contributed by atoms with Crippen LogP contribution in [0, 0.1) is 0 Å². The molecule has 2 aromatic carbocycles. The van der Waals surface area contributed by atoms with Crippen molar-refractivity contribution in [1.82, 2.24) is 9.97 Å². The number of imidazole rings is 1. The van der Waals surface area contributed by atoms with Crippen molar-refractivity contribution in [3.8, 4) is 11.3 Å². The molecular weight excluding hydrogens is 310 g/mol. The number of aromatic amines is 1. The van der Waals surface area contributed by atoms with E-state index in [0.29, 0.717) is 18.4 Å². The second-order valence-corrected chi connectivity index (χ2v) is 6.22. The van der Waals surface area contributed by atoms with Gasteiger partial charge in [0.05, 0.1) is 11.9 Å². The van der Waals surface area contributed by atoms with Gasteiger partial charge in [-0.05, 0) is 29.2 Å². The number of guanidine groups is 1. The van der Waals surface area contributed by atoms with Crippen LogP contribution in [0.25, 0.3) is 11.3 Å². The molecule has 0 radical (unpaired) electrons. The summed E-state index contributed by atoms with van der Waals surface area (Å²) in [6.45, 7) is 4.73. The number of benzene rings is 2. The van der Waals surface area contributed by atoms with E-state index in [1.807, 2.05) is 48.7 Å². The largest absolute Gasteiger partial charge is 0.370 e. The molecule has 25 heavy (non-hydrogen) atoms. The Labute approximate surface area is 148 Å². The molecule has 0 aliphatic rings. The average Bonchev–Trinajstić information content (AvgIpc) is 3.10. The van der Waals surface area contributed by atoms with Gasteiger partial charge in [-0.15, -0.1) is 0 Å². The van der Waals surface area contributed by atoms with Crippen LogP contribution in [0.4, 0.5) is 5.69 Å². The van der Waals surface area contributed by atoms with E-state index in [-0.39, 0.29) is 0 Å². The van der Waals surface area contributed by atoms with Crippen LogP contribution >= 0.6 is 0 Å². The lowest BCUT2D eigenvalue weighted by atomic mass is 10.0. The van der Waals surface area contributed by atoms with Gasteiger partial charge in [0.2, 0.25) is 0 Å². The first-order valence-electron chi connectivity index (χ1n) is 8.38. The fourth-order valence-electron chi connectivity index (χ4n) is 2.53. The van der Waals surface area contributed by atoms with E-state index >= 15 is 0 Å². The van der Waals surface area contributed by atoms with Crippen LogP contribution < -0.4 is 11.1 Å². The molecular formula is C20H23N5. The van der Waals surface area contributed by atoms with Crippen LogP contribution in [0.2, 0.25) is 0 Å². The fraction of sp³-hybridized carbons (Fsp3) is 0.200. The number of nitrogens with one attached hydrogen (secondary N) is 2. The minimum Gasteiger partial charge on any atom is -0.370 e. The van der Waals surface area contributed by atoms with E-state index in [1.165, 1.54) is 5.56 Å². The first kappa shape index (κ1) is 16.8. The Bertz CT molecular complexity index is 849. The highest BCUT2D eigenvalue weighted by molar-refractivity contribution is 5.92. The van der Waals surface area contributed by atoms with E-state index in [2.05, 4.69) is 46.3 Å². The summed E-state index contributed by atoms with van der Waals surface area (Å²) < 4.78 is 0. The third kappa shape index (κ3) is 4.47. The molecule has 0 bridgehead atoms. The topological polar surface area (TPSA) is 79.1 Å². The van der Waals surface area contributed by atoms with Crippen molar-refractivity contribution in [2.24, 2.45) is 10.7 Å². The summed E-state index contributed by atoms with van der Waals surface area (Å²) in [5.41, 5.74) is 10.3. The normalized spacial score (nSPS) is 11.7. The minimum absolute atomic E-state index is 0.374.